The molecule has 9 heteroatoms. The number of H-pyrrole nitrogens is 2. The topological polar surface area (TPSA) is 111 Å². The minimum Gasteiger partial charge on any atom is -0.359 e. The molecule has 1 fully saturated rings. The standard InChI is InChI=1S/C23H24FN5O3/c1-25-21(31)23(9-11-29(12-10-23)20(30)19-26-22(32)28-27-19)14-16-5-2-3-8-18(16)15-6-4-7-17(24)13-15/h2-8,13H,9-12,14H2,1H3,(H,25,31)(H2,26,27,28,32). The lowest BCUT2D eigenvalue weighted by molar-refractivity contribution is -0.133. The van der Waals surface area contributed by atoms with Crippen molar-refractivity contribution < 1.29 is 14.0 Å². The average molecular weight is 437 g/mol. The molecule has 2 aromatic carbocycles. The summed E-state index contributed by atoms with van der Waals surface area (Å²) in [5.41, 5.74) is 1.32. The molecule has 0 spiro atoms. The summed E-state index contributed by atoms with van der Waals surface area (Å²) in [6.45, 7) is 0.701. The molecule has 2 amide bonds. The second-order valence-corrected chi connectivity index (χ2v) is 8.02. The van der Waals surface area contributed by atoms with E-state index < -0.39 is 11.1 Å². The van der Waals surface area contributed by atoms with Crippen LogP contribution in [-0.4, -0.2) is 52.0 Å². The predicted octanol–water partition coefficient (Wildman–Crippen LogP) is 2.12. The average Bonchev–Trinajstić information content (AvgIpc) is 3.25. The third-order valence-corrected chi connectivity index (χ3v) is 6.10. The van der Waals surface area contributed by atoms with Crippen LogP contribution in [-0.2, 0) is 11.2 Å². The second-order valence-electron chi connectivity index (χ2n) is 8.02. The molecule has 0 bridgehead atoms. The Morgan fingerprint density at radius 1 is 1.16 bits per heavy atom. The normalized spacial score (nSPS) is 15.4. The Kier molecular flexibility index (Phi) is 5.89. The van der Waals surface area contributed by atoms with Crippen LogP contribution >= 0.6 is 0 Å². The molecule has 166 valence electrons. The molecule has 3 N–H and O–H groups in total. The minimum absolute atomic E-state index is 0.0427. The molecule has 3 aromatic rings. The molecule has 0 saturated carbocycles. The Hall–Kier alpha value is -3.75. The van der Waals surface area contributed by atoms with Crippen LogP contribution in [0, 0.1) is 11.2 Å². The molecular weight excluding hydrogens is 413 g/mol. The number of hydrogen-bond donors (Lipinski definition) is 3. The fourth-order valence-corrected chi connectivity index (χ4v) is 4.38. The van der Waals surface area contributed by atoms with Gasteiger partial charge in [0.15, 0.2) is 0 Å². The van der Waals surface area contributed by atoms with Gasteiger partial charge in [-0.1, -0.05) is 36.4 Å². The summed E-state index contributed by atoms with van der Waals surface area (Å²) in [4.78, 5) is 40.9. The Balaban J connectivity index is 1.59. The molecular formula is C23H24FN5O3. The quantitative estimate of drug-likeness (QED) is 0.568. The highest BCUT2D eigenvalue weighted by molar-refractivity contribution is 5.91. The Morgan fingerprint density at radius 3 is 2.56 bits per heavy atom. The van der Waals surface area contributed by atoms with Gasteiger partial charge in [-0.25, -0.2) is 14.3 Å². The maximum absolute atomic E-state index is 13.8. The van der Waals surface area contributed by atoms with Gasteiger partial charge in [0.25, 0.3) is 5.91 Å². The summed E-state index contributed by atoms with van der Waals surface area (Å²) >= 11 is 0. The van der Waals surface area contributed by atoms with Crippen LogP contribution < -0.4 is 11.0 Å². The van der Waals surface area contributed by atoms with E-state index in [9.17, 15) is 18.8 Å². The summed E-state index contributed by atoms with van der Waals surface area (Å²) in [5, 5.41) is 8.67. The van der Waals surface area contributed by atoms with Gasteiger partial charge in [-0.2, -0.15) is 0 Å². The molecule has 8 nitrogen and oxygen atoms in total. The van der Waals surface area contributed by atoms with Gasteiger partial charge < -0.3 is 10.2 Å². The molecule has 32 heavy (non-hydrogen) atoms. The molecule has 1 aliphatic heterocycles. The van der Waals surface area contributed by atoms with Crippen LogP contribution in [0.1, 0.15) is 29.0 Å². The number of nitrogens with one attached hydrogen (secondary N) is 3. The number of aromatic nitrogens is 3. The van der Waals surface area contributed by atoms with Gasteiger partial charge >= 0.3 is 5.69 Å². The van der Waals surface area contributed by atoms with E-state index in [4.69, 9.17) is 0 Å². The molecule has 1 saturated heterocycles. The highest BCUT2D eigenvalue weighted by Crippen LogP contribution is 2.38. The largest absolute Gasteiger partial charge is 0.359 e. The van der Waals surface area contributed by atoms with Gasteiger partial charge in [-0.3, -0.25) is 14.6 Å². The number of hydrogen-bond acceptors (Lipinski definition) is 4. The first-order chi connectivity index (χ1) is 15.4. The number of carbonyl (C=O) groups excluding carboxylic acids is 2. The Morgan fingerprint density at radius 2 is 1.91 bits per heavy atom. The number of piperidine rings is 1. The first-order valence-electron chi connectivity index (χ1n) is 10.4. The van der Waals surface area contributed by atoms with E-state index >= 15 is 0 Å². The third-order valence-electron chi connectivity index (χ3n) is 6.10. The van der Waals surface area contributed by atoms with Crippen molar-refractivity contribution in [3.05, 3.63) is 76.2 Å². The van der Waals surface area contributed by atoms with E-state index in [0.29, 0.717) is 32.4 Å². The van der Waals surface area contributed by atoms with Crippen molar-refractivity contribution in [3.63, 3.8) is 0 Å². The zero-order chi connectivity index (χ0) is 22.7. The van der Waals surface area contributed by atoms with Gasteiger partial charge in [-0.15, -0.1) is 5.10 Å². The maximum atomic E-state index is 13.8. The lowest BCUT2D eigenvalue weighted by atomic mass is 9.72. The first kappa shape index (κ1) is 21.5. The SMILES string of the molecule is CNC(=O)C1(Cc2ccccc2-c2cccc(F)c2)CCN(C(=O)c2n[nH]c(=O)[nH]2)CC1. The lowest BCUT2D eigenvalue weighted by Gasteiger charge is -2.40. The van der Waals surface area contributed by atoms with Crippen LogP contribution in [0.3, 0.4) is 0 Å². The minimum atomic E-state index is -0.714. The Bertz CT molecular complexity index is 1190. The summed E-state index contributed by atoms with van der Waals surface area (Å²) in [7, 11) is 1.61. The van der Waals surface area contributed by atoms with Crippen LogP contribution in [0.5, 0.6) is 0 Å². The van der Waals surface area contributed by atoms with Crippen molar-refractivity contribution in [3.8, 4) is 11.1 Å². The van der Waals surface area contributed by atoms with E-state index in [0.717, 1.165) is 16.7 Å². The van der Waals surface area contributed by atoms with Crippen molar-refractivity contribution in [2.45, 2.75) is 19.3 Å². The molecule has 2 heterocycles. The van der Waals surface area contributed by atoms with Gasteiger partial charge in [0.1, 0.15) is 5.82 Å². The molecule has 4 rings (SSSR count). The number of benzene rings is 2. The number of halogens is 1. The number of aromatic amines is 2. The van der Waals surface area contributed by atoms with E-state index in [2.05, 4.69) is 20.5 Å². The molecule has 0 atom stereocenters. The fraction of sp³-hybridized carbons (Fsp3) is 0.304. The maximum Gasteiger partial charge on any atom is 0.341 e. The third kappa shape index (κ3) is 4.18. The summed E-state index contributed by atoms with van der Waals surface area (Å²) in [5.74, 6) is -0.832. The fourth-order valence-electron chi connectivity index (χ4n) is 4.38. The molecule has 0 unspecified atom stereocenters. The summed E-state index contributed by atoms with van der Waals surface area (Å²) in [6, 6.07) is 14.1. The van der Waals surface area contributed by atoms with E-state index in [1.807, 2.05) is 30.3 Å². The van der Waals surface area contributed by atoms with Crippen LogP contribution in [0.2, 0.25) is 0 Å². The van der Waals surface area contributed by atoms with Crippen molar-refractivity contribution in [2.75, 3.05) is 20.1 Å². The van der Waals surface area contributed by atoms with Crippen LogP contribution in [0.4, 0.5) is 4.39 Å². The molecule has 0 aliphatic carbocycles. The number of likely N-dealkylation sites (tertiary alicyclic amines) is 1. The van der Waals surface area contributed by atoms with Crippen molar-refractivity contribution in [2.24, 2.45) is 5.41 Å². The van der Waals surface area contributed by atoms with Crippen molar-refractivity contribution >= 4 is 11.8 Å². The molecule has 0 radical (unpaired) electrons. The summed E-state index contributed by atoms with van der Waals surface area (Å²) < 4.78 is 13.8. The second kappa shape index (κ2) is 8.78. The zero-order valence-electron chi connectivity index (χ0n) is 17.7. The van der Waals surface area contributed by atoms with Crippen molar-refractivity contribution in [1.82, 2.24) is 25.4 Å². The molecule has 1 aromatic heterocycles. The lowest BCUT2D eigenvalue weighted by Crippen LogP contribution is -2.50. The highest BCUT2D eigenvalue weighted by Gasteiger charge is 2.42. The Labute approximate surface area is 183 Å². The van der Waals surface area contributed by atoms with Crippen molar-refractivity contribution in [1.29, 1.82) is 0 Å². The van der Waals surface area contributed by atoms with E-state index in [1.54, 1.807) is 18.0 Å². The zero-order valence-corrected chi connectivity index (χ0v) is 17.7. The van der Waals surface area contributed by atoms with Gasteiger partial charge in [-0.05, 0) is 48.1 Å². The van der Waals surface area contributed by atoms with Gasteiger partial charge in [0.05, 0.1) is 5.41 Å². The number of nitrogens with zero attached hydrogens (tertiary/aromatic N) is 2. The number of amides is 2. The smallest absolute Gasteiger partial charge is 0.341 e. The first-order valence-corrected chi connectivity index (χ1v) is 10.4. The monoisotopic (exact) mass is 437 g/mol. The van der Waals surface area contributed by atoms with Gasteiger partial charge in [0.2, 0.25) is 11.7 Å². The predicted molar refractivity (Wildman–Crippen MR) is 116 cm³/mol. The van der Waals surface area contributed by atoms with Crippen LogP contribution in [0.25, 0.3) is 11.1 Å². The van der Waals surface area contributed by atoms with Crippen LogP contribution in [0.15, 0.2) is 53.3 Å². The van der Waals surface area contributed by atoms with Gasteiger partial charge in [0, 0.05) is 20.1 Å². The molecule has 1 aliphatic rings. The van der Waals surface area contributed by atoms with E-state index in [-0.39, 0.29) is 23.5 Å². The number of rotatable bonds is 5. The summed E-state index contributed by atoms with van der Waals surface area (Å²) in [6.07, 6.45) is 1.36. The van der Waals surface area contributed by atoms with E-state index in [1.165, 1.54) is 12.1 Å². The highest BCUT2D eigenvalue weighted by atomic mass is 19.1. The number of carbonyl (C=O) groups is 2.